The number of rotatable bonds is 5. The minimum Gasteiger partial charge on any atom is -0.309 e. The van der Waals surface area contributed by atoms with E-state index in [2.05, 4.69) is 5.32 Å². The second-order valence-electron chi connectivity index (χ2n) is 4.37. The molecule has 1 fully saturated rings. The average molecular weight is 205 g/mol. The fraction of sp³-hybridized carbons (Fsp3) is 1.00. The summed E-state index contributed by atoms with van der Waals surface area (Å²) < 4.78 is 24.3. The van der Waals surface area contributed by atoms with Crippen molar-refractivity contribution in [2.75, 3.05) is 6.54 Å². The van der Waals surface area contributed by atoms with Crippen LogP contribution in [0.5, 0.6) is 0 Å². The van der Waals surface area contributed by atoms with Crippen LogP contribution in [0.25, 0.3) is 0 Å². The largest absolute Gasteiger partial charge is 0.309 e. The molecule has 0 bridgehead atoms. The Balaban J connectivity index is 2.02. The van der Waals surface area contributed by atoms with Gasteiger partial charge in [0.2, 0.25) is 0 Å². The Morgan fingerprint density at radius 2 is 1.86 bits per heavy atom. The van der Waals surface area contributed by atoms with Gasteiger partial charge in [0.15, 0.2) is 0 Å². The third-order valence-corrected chi connectivity index (χ3v) is 3.12. The Morgan fingerprint density at radius 1 is 1.21 bits per heavy atom. The first-order chi connectivity index (χ1) is 6.70. The second-order valence-corrected chi connectivity index (χ2v) is 4.37. The molecule has 1 N–H and O–H groups in total. The topological polar surface area (TPSA) is 12.0 Å². The summed E-state index contributed by atoms with van der Waals surface area (Å²) in [5.41, 5.74) is 0. The van der Waals surface area contributed by atoms with Gasteiger partial charge in [-0.2, -0.15) is 0 Å². The van der Waals surface area contributed by atoms with E-state index in [0.29, 0.717) is 0 Å². The summed E-state index contributed by atoms with van der Waals surface area (Å²) in [6.07, 6.45) is 5.44. The lowest BCUT2D eigenvalue weighted by molar-refractivity contribution is 0.105. The summed E-state index contributed by atoms with van der Waals surface area (Å²) in [5, 5.41) is 2.88. The van der Waals surface area contributed by atoms with E-state index < -0.39 is 12.5 Å². The summed E-state index contributed by atoms with van der Waals surface area (Å²) >= 11 is 0. The summed E-state index contributed by atoms with van der Waals surface area (Å²) in [4.78, 5) is 0. The molecule has 0 aromatic heterocycles. The van der Waals surface area contributed by atoms with Gasteiger partial charge in [-0.1, -0.05) is 32.1 Å². The molecule has 0 amide bonds. The number of nitrogens with one attached hydrogen (secondary N) is 1. The highest BCUT2D eigenvalue weighted by Crippen LogP contribution is 2.25. The molecular weight excluding hydrogens is 184 g/mol. The summed E-state index contributed by atoms with van der Waals surface area (Å²) in [5.74, 6) is 0.779. The molecule has 0 heterocycles. The highest BCUT2D eigenvalue weighted by molar-refractivity contribution is 4.69. The molecule has 0 spiro atoms. The quantitative estimate of drug-likeness (QED) is 0.726. The van der Waals surface area contributed by atoms with Crippen LogP contribution >= 0.6 is 0 Å². The normalized spacial score (nSPS) is 21.4. The van der Waals surface area contributed by atoms with Crippen LogP contribution in [0, 0.1) is 5.92 Å². The molecule has 1 unspecified atom stereocenters. The highest BCUT2D eigenvalue weighted by Gasteiger charge is 2.16. The lowest BCUT2D eigenvalue weighted by Gasteiger charge is -2.22. The van der Waals surface area contributed by atoms with E-state index in [-0.39, 0.29) is 0 Å². The van der Waals surface area contributed by atoms with Gasteiger partial charge in [-0.15, -0.1) is 0 Å². The van der Waals surface area contributed by atoms with E-state index in [0.717, 1.165) is 18.9 Å². The van der Waals surface area contributed by atoms with Gasteiger partial charge in [0.05, 0.1) is 6.04 Å². The van der Waals surface area contributed by atoms with Crippen molar-refractivity contribution in [2.45, 2.75) is 57.9 Å². The maximum atomic E-state index is 12.1. The van der Waals surface area contributed by atoms with Crippen LogP contribution in [0.3, 0.4) is 0 Å². The zero-order valence-corrected chi connectivity index (χ0v) is 8.94. The van der Waals surface area contributed by atoms with Gasteiger partial charge < -0.3 is 5.32 Å². The molecule has 1 rings (SSSR count). The molecule has 3 heteroatoms. The molecule has 0 saturated heterocycles. The van der Waals surface area contributed by atoms with Crippen molar-refractivity contribution in [1.29, 1.82) is 0 Å². The summed E-state index contributed by atoms with van der Waals surface area (Å²) in [6.45, 7) is 2.29. The Hall–Kier alpha value is -0.180. The molecule has 1 nitrogen and oxygen atoms in total. The first-order valence-electron chi connectivity index (χ1n) is 5.71. The van der Waals surface area contributed by atoms with Crippen LogP contribution in [0.1, 0.15) is 45.4 Å². The Kier molecular flexibility index (Phi) is 5.38. The van der Waals surface area contributed by atoms with Crippen molar-refractivity contribution in [2.24, 2.45) is 5.92 Å². The van der Waals surface area contributed by atoms with E-state index >= 15 is 0 Å². The van der Waals surface area contributed by atoms with Gasteiger partial charge >= 0.3 is 0 Å². The molecule has 0 radical (unpaired) electrons. The summed E-state index contributed by atoms with van der Waals surface area (Å²) in [7, 11) is 0. The highest BCUT2D eigenvalue weighted by atomic mass is 19.3. The predicted octanol–water partition coefficient (Wildman–Crippen LogP) is 3.20. The average Bonchev–Trinajstić information content (AvgIpc) is 2.19. The molecule has 1 aliphatic rings. The number of hydrogen-bond acceptors (Lipinski definition) is 1. The molecule has 1 atom stereocenters. The van der Waals surface area contributed by atoms with E-state index in [9.17, 15) is 8.78 Å². The van der Waals surface area contributed by atoms with Crippen LogP contribution in [0.15, 0.2) is 0 Å². The van der Waals surface area contributed by atoms with Crippen LogP contribution in [-0.2, 0) is 0 Å². The zero-order chi connectivity index (χ0) is 10.4. The second kappa shape index (κ2) is 6.33. The number of halogens is 2. The lowest BCUT2D eigenvalue weighted by atomic mass is 9.87. The zero-order valence-electron chi connectivity index (χ0n) is 8.94. The van der Waals surface area contributed by atoms with E-state index in [1.165, 1.54) is 32.1 Å². The maximum Gasteiger partial charge on any atom is 0.253 e. The van der Waals surface area contributed by atoms with Crippen LogP contribution in [-0.4, -0.2) is 19.0 Å². The van der Waals surface area contributed by atoms with Gasteiger partial charge in [-0.25, -0.2) is 8.78 Å². The number of hydrogen-bond donors (Lipinski definition) is 1. The van der Waals surface area contributed by atoms with E-state index in [1.54, 1.807) is 6.92 Å². The Bertz CT molecular complexity index is 144. The van der Waals surface area contributed by atoms with Gasteiger partial charge in [0.1, 0.15) is 0 Å². The van der Waals surface area contributed by atoms with Crippen molar-refractivity contribution < 1.29 is 8.78 Å². The van der Waals surface area contributed by atoms with Crippen LogP contribution in [0.2, 0.25) is 0 Å². The first-order valence-corrected chi connectivity index (χ1v) is 5.71. The minimum absolute atomic E-state index is 0.654. The fourth-order valence-electron chi connectivity index (χ4n) is 2.08. The predicted molar refractivity (Wildman–Crippen MR) is 54.7 cm³/mol. The van der Waals surface area contributed by atoms with Crippen molar-refractivity contribution in [3.05, 3.63) is 0 Å². The van der Waals surface area contributed by atoms with Crippen molar-refractivity contribution in [3.63, 3.8) is 0 Å². The number of alkyl halides is 2. The maximum absolute atomic E-state index is 12.1. The fourth-order valence-corrected chi connectivity index (χ4v) is 2.08. The SMILES string of the molecule is CC(NCCC1CCCCC1)C(F)F. The Labute approximate surface area is 85.3 Å². The monoisotopic (exact) mass is 205 g/mol. The molecule has 0 aromatic carbocycles. The molecule has 0 aliphatic heterocycles. The van der Waals surface area contributed by atoms with Crippen molar-refractivity contribution in [1.82, 2.24) is 5.32 Å². The third kappa shape index (κ3) is 4.36. The van der Waals surface area contributed by atoms with Crippen molar-refractivity contribution >= 4 is 0 Å². The molecule has 84 valence electrons. The summed E-state index contributed by atoms with van der Waals surface area (Å²) in [6, 6.07) is -0.654. The van der Waals surface area contributed by atoms with Gasteiger partial charge in [0, 0.05) is 0 Å². The molecular formula is C11H21F2N. The van der Waals surface area contributed by atoms with Crippen LogP contribution in [0.4, 0.5) is 8.78 Å². The Morgan fingerprint density at radius 3 is 2.43 bits per heavy atom. The lowest BCUT2D eigenvalue weighted by Crippen LogP contribution is -2.34. The van der Waals surface area contributed by atoms with Crippen molar-refractivity contribution in [3.8, 4) is 0 Å². The van der Waals surface area contributed by atoms with Gasteiger partial charge in [0.25, 0.3) is 6.43 Å². The standard InChI is InChI=1S/C11H21F2N/c1-9(11(12)13)14-8-7-10-5-3-2-4-6-10/h9-11,14H,2-8H2,1H3. The third-order valence-electron chi connectivity index (χ3n) is 3.12. The molecule has 0 aromatic rings. The van der Waals surface area contributed by atoms with Crippen LogP contribution < -0.4 is 5.32 Å². The van der Waals surface area contributed by atoms with Gasteiger partial charge in [-0.05, 0) is 25.8 Å². The molecule has 1 aliphatic carbocycles. The first kappa shape index (κ1) is 11.9. The molecule has 1 saturated carbocycles. The van der Waals surface area contributed by atoms with E-state index in [1.807, 2.05) is 0 Å². The minimum atomic E-state index is -2.23. The smallest absolute Gasteiger partial charge is 0.253 e. The van der Waals surface area contributed by atoms with Gasteiger partial charge in [-0.3, -0.25) is 0 Å². The van der Waals surface area contributed by atoms with E-state index in [4.69, 9.17) is 0 Å². The molecule has 14 heavy (non-hydrogen) atoms.